The van der Waals surface area contributed by atoms with E-state index in [-0.39, 0.29) is 35.2 Å². The summed E-state index contributed by atoms with van der Waals surface area (Å²) >= 11 is 5.86. The Balaban J connectivity index is 1.95. The first-order valence-electron chi connectivity index (χ1n) is 6.17. The average molecular weight is 323 g/mol. The Bertz CT molecular complexity index is 725. The second-order valence-electron chi connectivity index (χ2n) is 4.37. The summed E-state index contributed by atoms with van der Waals surface area (Å²) in [5.74, 6) is 0.264. The smallest absolute Gasteiger partial charge is 0.306 e. The summed E-state index contributed by atoms with van der Waals surface area (Å²) in [6, 6.07) is 6.68. The van der Waals surface area contributed by atoms with Gasteiger partial charge in [-0.25, -0.2) is 0 Å². The van der Waals surface area contributed by atoms with Crippen LogP contribution in [0.3, 0.4) is 0 Å². The molecule has 1 atom stereocenters. The predicted octanol–water partition coefficient (Wildman–Crippen LogP) is 1.76. The third-order valence-corrected chi connectivity index (χ3v) is 3.06. The Morgan fingerprint density at radius 2 is 2.36 bits per heavy atom. The van der Waals surface area contributed by atoms with Crippen molar-refractivity contribution in [3.05, 3.63) is 51.3 Å². The van der Waals surface area contributed by atoms with Crippen LogP contribution in [0.5, 0.6) is 5.75 Å². The molecular formula is C13H11ClN4O4. The van der Waals surface area contributed by atoms with Crippen molar-refractivity contribution in [1.82, 2.24) is 9.78 Å². The fourth-order valence-corrected chi connectivity index (χ4v) is 1.94. The van der Waals surface area contributed by atoms with Gasteiger partial charge in [0.25, 0.3) is 0 Å². The van der Waals surface area contributed by atoms with E-state index in [4.69, 9.17) is 21.6 Å². The van der Waals surface area contributed by atoms with Crippen LogP contribution >= 0.6 is 11.6 Å². The normalized spacial score (nSPS) is 11.7. The summed E-state index contributed by atoms with van der Waals surface area (Å²) in [6.45, 7) is -0.0844. The van der Waals surface area contributed by atoms with Gasteiger partial charge in [-0.05, 0) is 12.1 Å². The van der Waals surface area contributed by atoms with Crippen molar-refractivity contribution in [3.63, 3.8) is 0 Å². The number of aliphatic hydroxyl groups excluding tert-OH is 1. The number of halogens is 1. The zero-order chi connectivity index (χ0) is 16.1. The van der Waals surface area contributed by atoms with Gasteiger partial charge < -0.3 is 9.84 Å². The number of aromatic nitrogens is 2. The molecule has 0 spiro atoms. The van der Waals surface area contributed by atoms with Crippen molar-refractivity contribution in [2.45, 2.75) is 12.6 Å². The fraction of sp³-hybridized carbons (Fsp3) is 0.231. The van der Waals surface area contributed by atoms with E-state index in [9.17, 15) is 15.2 Å². The molecule has 9 heteroatoms. The molecule has 0 aliphatic heterocycles. The SMILES string of the molecule is N#Cc1c(Cl)cccc1OC[C@@H](O)Cn1cc([N+](=O)[O-])cn1. The number of nitriles is 1. The maximum atomic E-state index is 10.5. The highest BCUT2D eigenvalue weighted by Crippen LogP contribution is 2.25. The predicted molar refractivity (Wildman–Crippen MR) is 76.6 cm³/mol. The van der Waals surface area contributed by atoms with Gasteiger partial charge in [0, 0.05) is 0 Å². The minimum atomic E-state index is -0.954. The van der Waals surface area contributed by atoms with Gasteiger partial charge >= 0.3 is 5.69 Å². The van der Waals surface area contributed by atoms with Gasteiger partial charge in [0.2, 0.25) is 0 Å². The molecule has 0 unspecified atom stereocenters. The Hall–Kier alpha value is -2.63. The molecule has 1 heterocycles. The van der Waals surface area contributed by atoms with Crippen LogP contribution in [0.4, 0.5) is 5.69 Å². The quantitative estimate of drug-likeness (QED) is 0.640. The Morgan fingerprint density at radius 3 is 3.00 bits per heavy atom. The molecule has 2 aromatic rings. The second-order valence-corrected chi connectivity index (χ2v) is 4.77. The Morgan fingerprint density at radius 1 is 1.59 bits per heavy atom. The number of nitro groups is 1. The Labute approximate surface area is 130 Å². The summed E-state index contributed by atoms with van der Waals surface area (Å²) in [6.07, 6.45) is 1.35. The first kappa shape index (κ1) is 15.8. The molecule has 0 amide bonds. The standard InChI is InChI=1S/C13H11ClN4O4/c14-12-2-1-3-13(11(12)4-15)22-8-10(19)7-17-6-9(5-16-17)18(20)21/h1-3,5-6,10,19H,7-8H2/t10-/m0/s1. The lowest BCUT2D eigenvalue weighted by Crippen LogP contribution is -2.24. The molecular weight excluding hydrogens is 312 g/mol. The maximum Gasteiger partial charge on any atom is 0.306 e. The van der Waals surface area contributed by atoms with Crippen LogP contribution in [0.25, 0.3) is 0 Å². The highest BCUT2D eigenvalue weighted by molar-refractivity contribution is 6.31. The van der Waals surface area contributed by atoms with E-state index in [1.807, 2.05) is 6.07 Å². The molecule has 1 aromatic carbocycles. The molecule has 0 saturated carbocycles. The first-order valence-corrected chi connectivity index (χ1v) is 6.55. The minimum absolute atomic E-state index is 0.0241. The first-order chi connectivity index (χ1) is 10.5. The molecule has 0 aliphatic carbocycles. The molecule has 8 nitrogen and oxygen atoms in total. The van der Waals surface area contributed by atoms with Gasteiger partial charge in [-0.15, -0.1) is 0 Å². The number of ether oxygens (including phenoxy) is 1. The maximum absolute atomic E-state index is 10.5. The highest BCUT2D eigenvalue weighted by atomic mass is 35.5. The van der Waals surface area contributed by atoms with Crippen LogP contribution in [0.15, 0.2) is 30.6 Å². The topological polar surface area (TPSA) is 114 Å². The van der Waals surface area contributed by atoms with Gasteiger partial charge in [0.1, 0.15) is 42.5 Å². The van der Waals surface area contributed by atoms with E-state index >= 15 is 0 Å². The number of nitrogens with zero attached hydrogens (tertiary/aromatic N) is 4. The summed E-state index contributed by atoms with van der Waals surface area (Å²) in [5.41, 5.74) is 0.0285. The van der Waals surface area contributed by atoms with Gasteiger partial charge in [-0.2, -0.15) is 10.4 Å². The minimum Gasteiger partial charge on any atom is -0.489 e. The molecule has 0 aliphatic rings. The third-order valence-electron chi connectivity index (χ3n) is 2.75. The van der Waals surface area contributed by atoms with Crippen molar-refractivity contribution in [1.29, 1.82) is 5.26 Å². The molecule has 22 heavy (non-hydrogen) atoms. The molecule has 0 radical (unpaired) electrons. The van der Waals surface area contributed by atoms with Crippen LogP contribution in [0.1, 0.15) is 5.56 Å². The highest BCUT2D eigenvalue weighted by Gasteiger charge is 2.14. The van der Waals surface area contributed by atoms with E-state index in [1.165, 1.54) is 10.9 Å². The van der Waals surface area contributed by atoms with Gasteiger partial charge in [0.15, 0.2) is 0 Å². The second kappa shape index (κ2) is 6.89. The molecule has 0 fully saturated rings. The van der Waals surface area contributed by atoms with E-state index in [1.54, 1.807) is 18.2 Å². The molecule has 1 N–H and O–H groups in total. The van der Waals surface area contributed by atoms with E-state index < -0.39 is 11.0 Å². The van der Waals surface area contributed by atoms with Crippen molar-refractivity contribution in [2.24, 2.45) is 0 Å². The van der Waals surface area contributed by atoms with E-state index in [0.717, 1.165) is 6.20 Å². The number of rotatable bonds is 6. The van der Waals surface area contributed by atoms with Crippen LogP contribution in [0, 0.1) is 21.4 Å². The van der Waals surface area contributed by atoms with Crippen molar-refractivity contribution in [2.75, 3.05) is 6.61 Å². The fourth-order valence-electron chi connectivity index (χ4n) is 1.73. The summed E-state index contributed by atoms with van der Waals surface area (Å²) in [4.78, 5) is 9.96. The summed E-state index contributed by atoms with van der Waals surface area (Å²) in [7, 11) is 0. The number of hydrogen-bond acceptors (Lipinski definition) is 6. The van der Waals surface area contributed by atoms with Gasteiger partial charge in [-0.3, -0.25) is 14.8 Å². The zero-order valence-corrected chi connectivity index (χ0v) is 12.0. The monoisotopic (exact) mass is 322 g/mol. The largest absolute Gasteiger partial charge is 0.489 e. The zero-order valence-electron chi connectivity index (χ0n) is 11.2. The number of aliphatic hydroxyl groups is 1. The van der Waals surface area contributed by atoms with Crippen LogP contribution < -0.4 is 4.74 Å². The van der Waals surface area contributed by atoms with Gasteiger partial charge in [-0.1, -0.05) is 17.7 Å². The average Bonchev–Trinajstić information content (AvgIpc) is 2.94. The number of hydrogen-bond donors (Lipinski definition) is 1. The van der Waals surface area contributed by atoms with E-state index in [2.05, 4.69) is 5.10 Å². The van der Waals surface area contributed by atoms with Crippen LogP contribution in [-0.4, -0.2) is 32.5 Å². The Kier molecular flexibility index (Phi) is 4.93. The van der Waals surface area contributed by atoms with Crippen molar-refractivity contribution >= 4 is 17.3 Å². The van der Waals surface area contributed by atoms with Crippen molar-refractivity contribution in [3.8, 4) is 11.8 Å². The molecule has 1 aromatic heterocycles. The lowest BCUT2D eigenvalue weighted by atomic mass is 10.2. The van der Waals surface area contributed by atoms with Crippen LogP contribution in [0.2, 0.25) is 5.02 Å². The van der Waals surface area contributed by atoms with E-state index in [0.29, 0.717) is 0 Å². The molecule has 0 bridgehead atoms. The molecule has 2 rings (SSSR count). The number of benzene rings is 1. The van der Waals surface area contributed by atoms with Crippen molar-refractivity contribution < 1.29 is 14.8 Å². The lowest BCUT2D eigenvalue weighted by molar-refractivity contribution is -0.385. The third kappa shape index (κ3) is 3.72. The van der Waals surface area contributed by atoms with Crippen LogP contribution in [-0.2, 0) is 6.54 Å². The lowest BCUT2D eigenvalue weighted by Gasteiger charge is -2.13. The van der Waals surface area contributed by atoms with Gasteiger partial charge in [0.05, 0.1) is 16.5 Å². The molecule has 0 saturated heterocycles. The summed E-state index contributed by atoms with van der Waals surface area (Å²) < 4.78 is 6.61. The summed E-state index contributed by atoms with van der Waals surface area (Å²) in [5, 5.41) is 33.4. The molecule has 114 valence electrons.